The molecule has 3 N–H and O–H groups in total. The number of aliphatic hydroxyl groups excluding tert-OH is 1. The second-order valence-corrected chi connectivity index (χ2v) is 4.95. The first-order chi connectivity index (χ1) is 8.61. The van der Waals surface area contributed by atoms with Crippen molar-refractivity contribution < 1.29 is 9.63 Å². The monoisotopic (exact) mass is 311 g/mol. The molecule has 1 aromatic heterocycles. The van der Waals surface area contributed by atoms with E-state index < -0.39 is 6.04 Å². The number of nitrogens with zero attached hydrogens (tertiary/aromatic N) is 2. The summed E-state index contributed by atoms with van der Waals surface area (Å²) in [4.78, 5) is 4.26. The molecule has 0 aliphatic carbocycles. The maximum atomic E-state index is 8.82. The van der Waals surface area contributed by atoms with E-state index in [2.05, 4.69) is 26.1 Å². The average molecular weight is 312 g/mol. The number of aromatic nitrogens is 2. The van der Waals surface area contributed by atoms with Crippen molar-refractivity contribution in [2.24, 2.45) is 5.73 Å². The Hall–Kier alpha value is -1.24. The second kappa shape index (κ2) is 5.60. The summed E-state index contributed by atoms with van der Waals surface area (Å²) in [6.07, 6.45) is 0.404. The van der Waals surface area contributed by atoms with Crippen molar-refractivity contribution in [2.45, 2.75) is 19.4 Å². The molecule has 1 unspecified atom stereocenters. The number of hydrogen-bond donors (Lipinski definition) is 2. The van der Waals surface area contributed by atoms with Crippen LogP contribution in [0.25, 0.3) is 11.4 Å². The Kier molecular flexibility index (Phi) is 4.11. The van der Waals surface area contributed by atoms with Crippen molar-refractivity contribution in [2.75, 3.05) is 6.61 Å². The highest BCUT2D eigenvalue weighted by molar-refractivity contribution is 9.10. The first-order valence-electron chi connectivity index (χ1n) is 5.58. The number of aliphatic hydroxyl groups is 1. The lowest BCUT2D eigenvalue weighted by Crippen LogP contribution is -2.12. The predicted octanol–water partition coefficient (Wildman–Crippen LogP) is 2.19. The normalized spacial score (nSPS) is 12.7. The van der Waals surface area contributed by atoms with Gasteiger partial charge in [0.1, 0.15) is 0 Å². The van der Waals surface area contributed by atoms with Crippen LogP contribution >= 0.6 is 15.9 Å². The van der Waals surface area contributed by atoms with Crippen molar-refractivity contribution >= 4 is 15.9 Å². The molecule has 0 amide bonds. The molecule has 6 heteroatoms. The maximum absolute atomic E-state index is 8.82. The van der Waals surface area contributed by atoms with E-state index >= 15 is 0 Å². The molecule has 1 heterocycles. The van der Waals surface area contributed by atoms with E-state index in [9.17, 15) is 0 Å². The van der Waals surface area contributed by atoms with E-state index in [0.29, 0.717) is 18.1 Å². The third-order valence-electron chi connectivity index (χ3n) is 2.63. The Labute approximate surface area is 113 Å². The van der Waals surface area contributed by atoms with E-state index in [1.807, 2.05) is 25.1 Å². The minimum atomic E-state index is -0.424. The highest BCUT2D eigenvalue weighted by Crippen LogP contribution is 2.25. The fraction of sp³-hybridized carbons (Fsp3) is 0.333. The summed E-state index contributed by atoms with van der Waals surface area (Å²) < 4.78 is 6.11. The molecule has 1 aromatic carbocycles. The van der Waals surface area contributed by atoms with Crippen LogP contribution in [0.3, 0.4) is 0 Å². The fourth-order valence-corrected chi connectivity index (χ4v) is 2.11. The van der Waals surface area contributed by atoms with Crippen molar-refractivity contribution in [3.63, 3.8) is 0 Å². The van der Waals surface area contributed by atoms with Gasteiger partial charge in [0, 0.05) is 16.6 Å². The van der Waals surface area contributed by atoms with E-state index in [4.69, 9.17) is 15.4 Å². The lowest BCUT2D eigenvalue weighted by atomic mass is 10.1. The topological polar surface area (TPSA) is 85.2 Å². The molecular weight excluding hydrogens is 298 g/mol. The van der Waals surface area contributed by atoms with Gasteiger partial charge in [-0.25, -0.2) is 0 Å². The zero-order chi connectivity index (χ0) is 13.1. The third-order valence-corrected chi connectivity index (χ3v) is 3.12. The number of benzene rings is 1. The maximum Gasteiger partial charge on any atom is 0.243 e. The molecule has 96 valence electrons. The van der Waals surface area contributed by atoms with Crippen LogP contribution in [-0.2, 0) is 0 Å². The van der Waals surface area contributed by atoms with Gasteiger partial charge < -0.3 is 15.4 Å². The Morgan fingerprint density at radius 2 is 2.28 bits per heavy atom. The zero-order valence-corrected chi connectivity index (χ0v) is 11.5. The third kappa shape index (κ3) is 2.77. The fourth-order valence-electron chi connectivity index (χ4n) is 1.64. The van der Waals surface area contributed by atoms with Gasteiger partial charge in [-0.3, -0.25) is 0 Å². The standard InChI is InChI=1S/C12H14BrN3O2/c1-7-6-8(13)2-3-9(7)11-15-12(18-16-11)10(14)4-5-17/h2-3,6,10,17H,4-5,14H2,1H3. The number of rotatable bonds is 4. The lowest BCUT2D eigenvalue weighted by molar-refractivity contribution is 0.259. The summed E-state index contributed by atoms with van der Waals surface area (Å²) in [5, 5.41) is 12.7. The highest BCUT2D eigenvalue weighted by atomic mass is 79.9. The SMILES string of the molecule is Cc1cc(Br)ccc1-c1noc(C(N)CCO)n1. The molecule has 0 fully saturated rings. The van der Waals surface area contributed by atoms with Gasteiger partial charge in [-0.05, 0) is 37.1 Å². The van der Waals surface area contributed by atoms with Crippen LogP contribution < -0.4 is 5.73 Å². The van der Waals surface area contributed by atoms with Gasteiger partial charge in [0.25, 0.3) is 0 Å². The molecule has 0 bridgehead atoms. The summed E-state index contributed by atoms with van der Waals surface area (Å²) in [7, 11) is 0. The van der Waals surface area contributed by atoms with Crippen molar-refractivity contribution in [3.8, 4) is 11.4 Å². The van der Waals surface area contributed by atoms with Gasteiger partial charge in [0.05, 0.1) is 6.04 Å². The summed E-state index contributed by atoms with van der Waals surface area (Å²) >= 11 is 3.41. The van der Waals surface area contributed by atoms with Gasteiger partial charge in [-0.1, -0.05) is 21.1 Å². The van der Waals surface area contributed by atoms with Gasteiger partial charge in [0.15, 0.2) is 0 Å². The minimum absolute atomic E-state index is 0.00378. The van der Waals surface area contributed by atoms with Crippen LogP contribution in [0.1, 0.15) is 23.9 Å². The van der Waals surface area contributed by atoms with E-state index in [1.54, 1.807) is 0 Å². The number of halogens is 1. The number of nitrogens with two attached hydrogens (primary N) is 1. The van der Waals surface area contributed by atoms with Crippen LogP contribution in [0.4, 0.5) is 0 Å². The van der Waals surface area contributed by atoms with Gasteiger partial charge in [0.2, 0.25) is 11.7 Å². The molecule has 0 radical (unpaired) electrons. The number of aryl methyl sites for hydroxylation is 1. The van der Waals surface area contributed by atoms with E-state index in [1.165, 1.54) is 0 Å². The Balaban J connectivity index is 2.29. The second-order valence-electron chi connectivity index (χ2n) is 4.03. The molecule has 2 aromatic rings. The molecule has 0 saturated heterocycles. The molecule has 0 spiro atoms. The quantitative estimate of drug-likeness (QED) is 0.904. The van der Waals surface area contributed by atoms with Gasteiger partial charge >= 0.3 is 0 Å². The molecule has 5 nitrogen and oxygen atoms in total. The van der Waals surface area contributed by atoms with Gasteiger partial charge in [-0.2, -0.15) is 4.98 Å². The van der Waals surface area contributed by atoms with Crippen LogP contribution in [-0.4, -0.2) is 21.9 Å². The first-order valence-corrected chi connectivity index (χ1v) is 6.37. The van der Waals surface area contributed by atoms with Crippen LogP contribution in [0.15, 0.2) is 27.2 Å². The highest BCUT2D eigenvalue weighted by Gasteiger charge is 2.16. The molecule has 0 saturated carbocycles. The summed E-state index contributed by atoms with van der Waals surface area (Å²) in [5.74, 6) is 0.866. The molecule has 0 aliphatic rings. The summed E-state index contributed by atoms with van der Waals surface area (Å²) in [6.45, 7) is 1.97. The summed E-state index contributed by atoms with van der Waals surface area (Å²) in [5.41, 5.74) is 7.75. The van der Waals surface area contributed by atoms with Crippen LogP contribution in [0.5, 0.6) is 0 Å². The zero-order valence-electron chi connectivity index (χ0n) is 9.93. The minimum Gasteiger partial charge on any atom is -0.396 e. The Bertz CT molecular complexity index is 542. The predicted molar refractivity (Wildman–Crippen MR) is 70.8 cm³/mol. The Morgan fingerprint density at radius 1 is 1.50 bits per heavy atom. The van der Waals surface area contributed by atoms with Crippen molar-refractivity contribution in [3.05, 3.63) is 34.1 Å². The van der Waals surface area contributed by atoms with Crippen LogP contribution in [0.2, 0.25) is 0 Å². The van der Waals surface area contributed by atoms with E-state index in [-0.39, 0.29) is 6.61 Å². The molecule has 2 rings (SSSR count). The molecule has 18 heavy (non-hydrogen) atoms. The number of hydrogen-bond acceptors (Lipinski definition) is 5. The van der Waals surface area contributed by atoms with Crippen molar-refractivity contribution in [1.29, 1.82) is 0 Å². The Morgan fingerprint density at radius 3 is 2.94 bits per heavy atom. The van der Waals surface area contributed by atoms with Gasteiger partial charge in [-0.15, -0.1) is 0 Å². The average Bonchev–Trinajstić information content (AvgIpc) is 2.78. The molecular formula is C12H14BrN3O2. The molecule has 0 aliphatic heterocycles. The van der Waals surface area contributed by atoms with Crippen molar-refractivity contribution in [1.82, 2.24) is 10.1 Å². The van der Waals surface area contributed by atoms with Crippen LogP contribution in [0, 0.1) is 6.92 Å². The summed E-state index contributed by atoms with van der Waals surface area (Å²) in [6, 6.07) is 5.41. The lowest BCUT2D eigenvalue weighted by Gasteiger charge is -2.02. The largest absolute Gasteiger partial charge is 0.396 e. The first kappa shape index (κ1) is 13.2. The van der Waals surface area contributed by atoms with E-state index in [0.717, 1.165) is 15.6 Å². The molecule has 1 atom stereocenters. The smallest absolute Gasteiger partial charge is 0.243 e.